The van der Waals surface area contributed by atoms with Crippen molar-refractivity contribution < 1.29 is 18.9 Å². The van der Waals surface area contributed by atoms with Crippen molar-refractivity contribution in [2.24, 2.45) is 4.99 Å². The van der Waals surface area contributed by atoms with Gasteiger partial charge in [-0.05, 0) is 62.2 Å². The predicted octanol–water partition coefficient (Wildman–Crippen LogP) is 4.09. The maximum Gasteiger partial charge on any atom is 0.196 e. The third kappa shape index (κ3) is 10.2. The lowest BCUT2D eigenvalue weighted by Gasteiger charge is -2.14. The van der Waals surface area contributed by atoms with Gasteiger partial charge in [0.05, 0.1) is 33.0 Å². The first-order valence-electron chi connectivity index (χ1n) is 10.6. The van der Waals surface area contributed by atoms with Crippen molar-refractivity contribution in [3.63, 3.8) is 0 Å². The molecule has 170 valence electrons. The number of ether oxygens (including phenoxy) is 4. The summed E-state index contributed by atoms with van der Waals surface area (Å²) >= 11 is 0. The number of benzene rings is 2. The molecule has 2 rings (SSSR count). The Bertz CT molecular complexity index is 761. The molecule has 7 nitrogen and oxygen atoms in total. The number of aliphatic imine (C=N–C) groups is 1. The van der Waals surface area contributed by atoms with Crippen LogP contribution in [-0.4, -0.2) is 52.6 Å². The summed E-state index contributed by atoms with van der Waals surface area (Å²) < 4.78 is 21.4. The average Bonchev–Trinajstić information content (AvgIpc) is 2.78. The van der Waals surface area contributed by atoms with Gasteiger partial charge in [-0.3, -0.25) is 0 Å². The van der Waals surface area contributed by atoms with Crippen molar-refractivity contribution in [2.75, 3.05) is 45.9 Å². The summed E-state index contributed by atoms with van der Waals surface area (Å²) in [6, 6.07) is 15.8. The molecule has 0 spiro atoms. The Morgan fingerprint density at radius 1 is 0.903 bits per heavy atom. The molecule has 0 aromatic heterocycles. The first-order chi connectivity index (χ1) is 15.1. The van der Waals surface area contributed by atoms with Crippen molar-refractivity contribution in [2.45, 2.75) is 32.9 Å². The standard InChI is InChI=1S/C24H35N3O4/c1-19(2)31-23-12-8-21(9-13-23)27-24(25-14-5-15-30-17-16-28-3)26-18-20-6-10-22(29-4)11-7-20/h6-13,19H,5,14-18H2,1-4H3,(H2,25,26,27). The number of methoxy groups -OCH3 is 2. The molecule has 0 bridgehead atoms. The predicted molar refractivity (Wildman–Crippen MR) is 125 cm³/mol. The first-order valence-corrected chi connectivity index (χ1v) is 10.6. The van der Waals surface area contributed by atoms with Crippen LogP contribution < -0.4 is 20.1 Å². The van der Waals surface area contributed by atoms with Crippen molar-refractivity contribution >= 4 is 11.6 Å². The topological polar surface area (TPSA) is 73.3 Å². The highest BCUT2D eigenvalue weighted by molar-refractivity contribution is 5.93. The maximum atomic E-state index is 5.71. The zero-order chi connectivity index (χ0) is 22.3. The molecule has 0 saturated heterocycles. The summed E-state index contributed by atoms with van der Waals surface area (Å²) in [5.74, 6) is 2.39. The molecule has 0 aliphatic heterocycles. The smallest absolute Gasteiger partial charge is 0.196 e. The molecule has 31 heavy (non-hydrogen) atoms. The lowest BCUT2D eigenvalue weighted by Crippen LogP contribution is -2.32. The minimum Gasteiger partial charge on any atom is -0.497 e. The lowest BCUT2D eigenvalue weighted by molar-refractivity contribution is 0.0699. The van der Waals surface area contributed by atoms with Crippen LogP contribution in [0.4, 0.5) is 5.69 Å². The number of hydrogen-bond donors (Lipinski definition) is 2. The highest BCUT2D eigenvalue weighted by Crippen LogP contribution is 2.17. The van der Waals surface area contributed by atoms with Crippen LogP contribution in [0.25, 0.3) is 0 Å². The van der Waals surface area contributed by atoms with E-state index in [-0.39, 0.29) is 6.10 Å². The summed E-state index contributed by atoms with van der Waals surface area (Å²) in [7, 11) is 3.33. The van der Waals surface area contributed by atoms with E-state index in [0.717, 1.165) is 35.7 Å². The fourth-order valence-electron chi connectivity index (χ4n) is 2.69. The largest absolute Gasteiger partial charge is 0.497 e. The molecule has 0 heterocycles. The summed E-state index contributed by atoms with van der Waals surface area (Å²) in [6.45, 7) is 7.22. The van der Waals surface area contributed by atoms with E-state index in [1.807, 2.05) is 62.4 Å². The Hall–Kier alpha value is -2.77. The summed E-state index contributed by atoms with van der Waals surface area (Å²) in [4.78, 5) is 4.72. The third-order valence-corrected chi connectivity index (χ3v) is 4.26. The van der Waals surface area contributed by atoms with Gasteiger partial charge in [0.2, 0.25) is 0 Å². The van der Waals surface area contributed by atoms with Gasteiger partial charge in [-0.25, -0.2) is 4.99 Å². The molecule has 0 atom stereocenters. The lowest BCUT2D eigenvalue weighted by atomic mass is 10.2. The van der Waals surface area contributed by atoms with Crippen LogP contribution in [0.1, 0.15) is 25.8 Å². The van der Waals surface area contributed by atoms with E-state index in [4.69, 9.17) is 23.9 Å². The van der Waals surface area contributed by atoms with Crippen LogP contribution in [0, 0.1) is 0 Å². The zero-order valence-electron chi connectivity index (χ0n) is 19.0. The average molecular weight is 430 g/mol. The zero-order valence-corrected chi connectivity index (χ0v) is 19.0. The molecule has 0 radical (unpaired) electrons. The van der Waals surface area contributed by atoms with Gasteiger partial charge < -0.3 is 29.6 Å². The Kier molecular flexibility index (Phi) is 11.3. The summed E-state index contributed by atoms with van der Waals surface area (Å²) in [5.41, 5.74) is 2.04. The quantitative estimate of drug-likeness (QED) is 0.284. The summed E-state index contributed by atoms with van der Waals surface area (Å²) in [5, 5.41) is 6.73. The van der Waals surface area contributed by atoms with Gasteiger partial charge >= 0.3 is 0 Å². The third-order valence-electron chi connectivity index (χ3n) is 4.26. The SMILES string of the molecule is COCCOCCCNC(=NCc1ccc(OC)cc1)Nc1ccc(OC(C)C)cc1. The van der Waals surface area contributed by atoms with Crippen LogP contribution in [0.5, 0.6) is 11.5 Å². The van der Waals surface area contributed by atoms with Crippen molar-refractivity contribution in [1.82, 2.24) is 5.32 Å². The van der Waals surface area contributed by atoms with Crippen molar-refractivity contribution in [3.8, 4) is 11.5 Å². The van der Waals surface area contributed by atoms with Crippen LogP contribution in [0.2, 0.25) is 0 Å². The molecular formula is C24H35N3O4. The fourth-order valence-corrected chi connectivity index (χ4v) is 2.69. The van der Waals surface area contributed by atoms with Crippen molar-refractivity contribution in [1.29, 1.82) is 0 Å². The van der Waals surface area contributed by atoms with Gasteiger partial charge in [0.1, 0.15) is 11.5 Å². The molecular weight excluding hydrogens is 394 g/mol. The van der Waals surface area contributed by atoms with Crippen molar-refractivity contribution in [3.05, 3.63) is 54.1 Å². The molecule has 2 N–H and O–H groups in total. The number of nitrogens with one attached hydrogen (secondary N) is 2. The summed E-state index contributed by atoms with van der Waals surface area (Å²) in [6.07, 6.45) is 1.02. The number of guanidine groups is 1. The van der Waals surface area contributed by atoms with E-state index in [2.05, 4.69) is 10.6 Å². The fraction of sp³-hybridized carbons (Fsp3) is 0.458. The van der Waals surface area contributed by atoms with Gasteiger partial charge in [0, 0.05) is 25.9 Å². The minimum absolute atomic E-state index is 0.146. The van der Waals surface area contributed by atoms with Crippen LogP contribution in [-0.2, 0) is 16.0 Å². The molecule has 7 heteroatoms. The van der Waals surface area contributed by atoms with Gasteiger partial charge in [-0.2, -0.15) is 0 Å². The second-order valence-electron chi connectivity index (χ2n) is 7.21. The molecule has 0 saturated carbocycles. The highest BCUT2D eigenvalue weighted by atomic mass is 16.5. The second-order valence-corrected chi connectivity index (χ2v) is 7.21. The normalized spacial score (nSPS) is 11.5. The maximum absolute atomic E-state index is 5.71. The number of anilines is 1. The Labute approximate surface area is 185 Å². The molecule has 0 unspecified atom stereocenters. The number of rotatable bonds is 13. The monoisotopic (exact) mass is 429 g/mol. The first kappa shape index (κ1) is 24.5. The Morgan fingerprint density at radius 3 is 2.26 bits per heavy atom. The Morgan fingerprint density at radius 2 is 1.61 bits per heavy atom. The molecule has 0 aliphatic rings. The Balaban J connectivity index is 1.95. The van der Waals surface area contributed by atoms with Gasteiger partial charge in [0.25, 0.3) is 0 Å². The van der Waals surface area contributed by atoms with E-state index >= 15 is 0 Å². The van der Waals surface area contributed by atoms with E-state index in [0.29, 0.717) is 32.3 Å². The molecule has 0 aliphatic carbocycles. The van der Waals surface area contributed by atoms with Gasteiger partial charge in [0.15, 0.2) is 5.96 Å². The van der Waals surface area contributed by atoms with E-state index in [1.54, 1.807) is 14.2 Å². The van der Waals surface area contributed by atoms with Crippen LogP contribution in [0.3, 0.4) is 0 Å². The van der Waals surface area contributed by atoms with Crippen LogP contribution >= 0.6 is 0 Å². The molecule has 0 amide bonds. The van der Waals surface area contributed by atoms with E-state index < -0.39 is 0 Å². The number of hydrogen-bond acceptors (Lipinski definition) is 5. The molecule has 2 aromatic rings. The van der Waals surface area contributed by atoms with Gasteiger partial charge in [-0.15, -0.1) is 0 Å². The highest BCUT2D eigenvalue weighted by Gasteiger charge is 2.03. The minimum atomic E-state index is 0.146. The van der Waals surface area contributed by atoms with Crippen LogP contribution in [0.15, 0.2) is 53.5 Å². The van der Waals surface area contributed by atoms with Gasteiger partial charge in [-0.1, -0.05) is 12.1 Å². The number of nitrogens with zero attached hydrogens (tertiary/aromatic N) is 1. The molecule has 0 fully saturated rings. The van der Waals surface area contributed by atoms with E-state index in [1.165, 1.54) is 0 Å². The molecule has 2 aromatic carbocycles. The second kappa shape index (κ2) is 14.3. The van der Waals surface area contributed by atoms with E-state index in [9.17, 15) is 0 Å².